The SMILES string of the molecule is CC(CO)(Nc1cccc(Cl)c1)c1ccccc1Cl. The topological polar surface area (TPSA) is 32.3 Å². The molecule has 4 heteroatoms. The molecule has 1 unspecified atom stereocenters. The van der Waals surface area contributed by atoms with Crippen molar-refractivity contribution in [3.63, 3.8) is 0 Å². The number of aliphatic hydroxyl groups excluding tert-OH is 1. The monoisotopic (exact) mass is 295 g/mol. The van der Waals surface area contributed by atoms with Crippen molar-refractivity contribution in [3.8, 4) is 0 Å². The molecule has 2 aromatic carbocycles. The van der Waals surface area contributed by atoms with Gasteiger partial charge in [0.2, 0.25) is 0 Å². The fourth-order valence-corrected chi connectivity index (χ4v) is 2.52. The van der Waals surface area contributed by atoms with Crippen LogP contribution in [0.25, 0.3) is 0 Å². The van der Waals surface area contributed by atoms with Crippen LogP contribution in [0, 0.1) is 0 Å². The Morgan fingerprint density at radius 2 is 1.84 bits per heavy atom. The average Bonchev–Trinajstić information content (AvgIpc) is 2.39. The van der Waals surface area contributed by atoms with E-state index in [1.807, 2.05) is 49.4 Å². The molecular formula is C15H15Cl2NO. The molecule has 0 amide bonds. The summed E-state index contributed by atoms with van der Waals surface area (Å²) >= 11 is 12.2. The van der Waals surface area contributed by atoms with Gasteiger partial charge in [-0.3, -0.25) is 0 Å². The standard InChI is InChI=1S/C15H15Cl2NO/c1-15(10-19,13-7-2-3-8-14(13)17)18-12-6-4-5-11(16)9-12/h2-9,18-19H,10H2,1H3. The summed E-state index contributed by atoms with van der Waals surface area (Å²) in [6, 6.07) is 14.8. The second-order valence-electron chi connectivity index (χ2n) is 4.61. The molecule has 0 aliphatic carbocycles. The van der Waals surface area contributed by atoms with Crippen LogP contribution in [-0.4, -0.2) is 11.7 Å². The first kappa shape index (κ1) is 14.2. The minimum atomic E-state index is -0.664. The highest BCUT2D eigenvalue weighted by Gasteiger charge is 2.27. The third kappa shape index (κ3) is 3.21. The van der Waals surface area contributed by atoms with E-state index in [0.717, 1.165) is 11.3 Å². The highest BCUT2D eigenvalue weighted by molar-refractivity contribution is 6.31. The summed E-state index contributed by atoms with van der Waals surface area (Å²) in [6.45, 7) is 1.82. The molecule has 0 bridgehead atoms. The summed E-state index contributed by atoms with van der Waals surface area (Å²) in [5.74, 6) is 0. The summed E-state index contributed by atoms with van der Waals surface area (Å²) in [5, 5.41) is 14.3. The van der Waals surface area contributed by atoms with E-state index in [1.54, 1.807) is 6.07 Å². The van der Waals surface area contributed by atoms with Crippen LogP contribution in [0.1, 0.15) is 12.5 Å². The van der Waals surface area contributed by atoms with Crippen LogP contribution in [-0.2, 0) is 5.54 Å². The third-order valence-corrected chi connectivity index (χ3v) is 3.59. The first-order valence-corrected chi connectivity index (χ1v) is 6.70. The fraction of sp³-hybridized carbons (Fsp3) is 0.200. The fourth-order valence-electron chi connectivity index (χ4n) is 1.99. The molecule has 2 aromatic rings. The van der Waals surface area contributed by atoms with E-state index in [2.05, 4.69) is 5.32 Å². The van der Waals surface area contributed by atoms with Crippen LogP contribution in [0.5, 0.6) is 0 Å². The van der Waals surface area contributed by atoms with Crippen molar-refractivity contribution >= 4 is 28.9 Å². The van der Waals surface area contributed by atoms with Crippen molar-refractivity contribution in [1.29, 1.82) is 0 Å². The lowest BCUT2D eigenvalue weighted by Gasteiger charge is -2.31. The van der Waals surface area contributed by atoms with Gasteiger partial charge in [0, 0.05) is 15.7 Å². The van der Waals surface area contributed by atoms with Crippen LogP contribution >= 0.6 is 23.2 Å². The minimum Gasteiger partial charge on any atom is -0.394 e. The van der Waals surface area contributed by atoms with Crippen molar-refractivity contribution in [2.75, 3.05) is 11.9 Å². The molecule has 100 valence electrons. The first-order chi connectivity index (χ1) is 9.05. The molecule has 2 nitrogen and oxygen atoms in total. The van der Waals surface area contributed by atoms with Crippen LogP contribution in [0.4, 0.5) is 5.69 Å². The van der Waals surface area contributed by atoms with Crippen molar-refractivity contribution in [2.45, 2.75) is 12.5 Å². The maximum atomic E-state index is 9.74. The van der Waals surface area contributed by atoms with Crippen LogP contribution in [0.15, 0.2) is 48.5 Å². The van der Waals surface area contributed by atoms with E-state index in [4.69, 9.17) is 23.2 Å². The normalized spacial score (nSPS) is 13.9. The summed E-state index contributed by atoms with van der Waals surface area (Å²) in [7, 11) is 0. The van der Waals surface area contributed by atoms with E-state index in [9.17, 15) is 5.11 Å². The molecule has 2 rings (SSSR count). The maximum Gasteiger partial charge on any atom is 0.0842 e. The van der Waals surface area contributed by atoms with E-state index in [1.165, 1.54) is 0 Å². The van der Waals surface area contributed by atoms with Gasteiger partial charge in [0.15, 0.2) is 0 Å². The maximum absolute atomic E-state index is 9.74. The number of aliphatic hydroxyl groups is 1. The van der Waals surface area contributed by atoms with Gasteiger partial charge in [-0.1, -0.05) is 47.5 Å². The predicted octanol–water partition coefficient (Wildman–Crippen LogP) is 4.31. The molecule has 1 atom stereocenters. The van der Waals surface area contributed by atoms with Crippen molar-refractivity contribution < 1.29 is 5.11 Å². The van der Waals surface area contributed by atoms with Crippen molar-refractivity contribution in [2.24, 2.45) is 0 Å². The molecule has 2 N–H and O–H groups in total. The Bertz CT molecular complexity index is 574. The molecule has 19 heavy (non-hydrogen) atoms. The highest BCUT2D eigenvalue weighted by Crippen LogP contribution is 2.31. The Balaban J connectivity index is 2.36. The minimum absolute atomic E-state index is 0.0801. The molecule has 0 fully saturated rings. The Labute approximate surface area is 123 Å². The lowest BCUT2D eigenvalue weighted by Crippen LogP contribution is -2.36. The lowest BCUT2D eigenvalue weighted by molar-refractivity contribution is 0.224. The third-order valence-electron chi connectivity index (χ3n) is 3.03. The Morgan fingerprint density at radius 1 is 1.11 bits per heavy atom. The number of nitrogens with one attached hydrogen (secondary N) is 1. The molecule has 0 heterocycles. The lowest BCUT2D eigenvalue weighted by atomic mass is 9.92. The van der Waals surface area contributed by atoms with Gasteiger partial charge in [0.05, 0.1) is 12.1 Å². The molecule has 0 saturated carbocycles. The van der Waals surface area contributed by atoms with Gasteiger partial charge in [-0.2, -0.15) is 0 Å². The second kappa shape index (κ2) is 5.83. The molecular weight excluding hydrogens is 281 g/mol. The molecule has 0 aromatic heterocycles. The second-order valence-corrected chi connectivity index (χ2v) is 5.45. The van der Waals surface area contributed by atoms with Gasteiger partial charge < -0.3 is 10.4 Å². The molecule has 0 saturated heterocycles. The van der Waals surface area contributed by atoms with E-state index < -0.39 is 5.54 Å². The number of hydrogen-bond acceptors (Lipinski definition) is 2. The molecule has 0 aliphatic rings. The number of anilines is 1. The Kier molecular flexibility index (Phi) is 4.35. The summed E-state index contributed by atoms with van der Waals surface area (Å²) < 4.78 is 0. The Morgan fingerprint density at radius 3 is 2.47 bits per heavy atom. The predicted molar refractivity (Wildman–Crippen MR) is 81.0 cm³/mol. The number of halogens is 2. The Hall–Kier alpha value is -1.22. The summed E-state index contributed by atoms with van der Waals surface area (Å²) in [5.41, 5.74) is 1.02. The van der Waals surface area contributed by atoms with Gasteiger partial charge in [-0.05, 0) is 36.8 Å². The van der Waals surface area contributed by atoms with Gasteiger partial charge in [-0.25, -0.2) is 0 Å². The zero-order valence-electron chi connectivity index (χ0n) is 10.5. The highest BCUT2D eigenvalue weighted by atomic mass is 35.5. The van der Waals surface area contributed by atoms with Gasteiger partial charge >= 0.3 is 0 Å². The van der Waals surface area contributed by atoms with Crippen molar-refractivity contribution in [1.82, 2.24) is 0 Å². The summed E-state index contributed by atoms with van der Waals surface area (Å²) in [4.78, 5) is 0. The van der Waals surface area contributed by atoms with E-state index in [0.29, 0.717) is 10.0 Å². The zero-order valence-corrected chi connectivity index (χ0v) is 12.0. The number of rotatable bonds is 4. The largest absolute Gasteiger partial charge is 0.394 e. The van der Waals surface area contributed by atoms with E-state index in [-0.39, 0.29) is 6.61 Å². The summed E-state index contributed by atoms with van der Waals surface area (Å²) in [6.07, 6.45) is 0. The quantitative estimate of drug-likeness (QED) is 0.881. The van der Waals surface area contributed by atoms with E-state index >= 15 is 0 Å². The number of benzene rings is 2. The van der Waals surface area contributed by atoms with Crippen molar-refractivity contribution in [3.05, 3.63) is 64.1 Å². The van der Waals surface area contributed by atoms with Gasteiger partial charge in [-0.15, -0.1) is 0 Å². The smallest absolute Gasteiger partial charge is 0.0842 e. The molecule has 0 spiro atoms. The van der Waals surface area contributed by atoms with Gasteiger partial charge in [0.25, 0.3) is 0 Å². The molecule has 0 aliphatic heterocycles. The van der Waals surface area contributed by atoms with Gasteiger partial charge in [0.1, 0.15) is 0 Å². The molecule has 0 radical (unpaired) electrons. The van der Waals surface area contributed by atoms with Crippen LogP contribution in [0.3, 0.4) is 0 Å². The number of hydrogen-bond donors (Lipinski definition) is 2. The first-order valence-electron chi connectivity index (χ1n) is 5.95. The average molecular weight is 296 g/mol. The van der Waals surface area contributed by atoms with Crippen LogP contribution < -0.4 is 5.32 Å². The van der Waals surface area contributed by atoms with Crippen LogP contribution in [0.2, 0.25) is 10.0 Å². The zero-order chi connectivity index (χ0) is 13.9.